The van der Waals surface area contributed by atoms with Crippen molar-refractivity contribution in [2.45, 2.75) is 44.9 Å². The molecule has 0 radical (unpaired) electrons. The first kappa shape index (κ1) is 11.3. The average molecular weight is 204 g/mol. The molecule has 0 amide bonds. The van der Waals surface area contributed by atoms with E-state index in [0.717, 1.165) is 11.8 Å². The Morgan fingerprint density at radius 1 is 1.00 bits per heavy atom. The van der Waals surface area contributed by atoms with Gasteiger partial charge in [-0.15, -0.1) is 11.6 Å². The smallest absolute Gasteiger partial charge is 0.0223 e. The van der Waals surface area contributed by atoms with E-state index in [9.17, 15) is 0 Å². The molecule has 1 N–H and O–H groups in total. The van der Waals surface area contributed by atoms with Gasteiger partial charge in [0.2, 0.25) is 0 Å². The minimum Gasteiger partial charge on any atom is -0.317 e. The molecule has 78 valence electrons. The lowest BCUT2D eigenvalue weighted by molar-refractivity contribution is 0.570. The van der Waals surface area contributed by atoms with E-state index >= 15 is 0 Å². The van der Waals surface area contributed by atoms with Gasteiger partial charge in [0, 0.05) is 5.88 Å². The Labute approximate surface area is 87.2 Å². The molecule has 1 fully saturated rings. The molecule has 13 heavy (non-hydrogen) atoms. The molecular weight excluding hydrogens is 182 g/mol. The summed E-state index contributed by atoms with van der Waals surface area (Å²) in [5, 5.41) is 3.50. The van der Waals surface area contributed by atoms with Crippen LogP contribution < -0.4 is 5.32 Å². The summed E-state index contributed by atoms with van der Waals surface area (Å²) in [5.74, 6) is 1.90. The standard InChI is InChI=1S/C11H22ClN/c12-8-3-1-2-4-9-13-10-7-11-5-6-11/h11,13H,1-10H2. The van der Waals surface area contributed by atoms with Crippen molar-refractivity contribution in [1.29, 1.82) is 0 Å². The number of unbranched alkanes of at least 4 members (excludes halogenated alkanes) is 3. The normalized spacial score (nSPS) is 16.4. The second kappa shape index (κ2) is 7.64. The predicted octanol–water partition coefficient (Wildman–Crippen LogP) is 3.18. The number of rotatable bonds is 9. The van der Waals surface area contributed by atoms with E-state index < -0.39 is 0 Å². The van der Waals surface area contributed by atoms with E-state index in [1.54, 1.807) is 0 Å². The van der Waals surface area contributed by atoms with Crippen LogP contribution in [0.5, 0.6) is 0 Å². The fourth-order valence-electron chi connectivity index (χ4n) is 1.54. The van der Waals surface area contributed by atoms with Crippen LogP contribution in [-0.4, -0.2) is 19.0 Å². The van der Waals surface area contributed by atoms with Gasteiger partial charge in [0.1, 0.15) is 0 Å². The molecule has 0 aromatic carbocycles. The quantitative estimate of drug-likeness (QED) is 0.449. The van der Waals surface area contributed by atoms with Crippen LogP contribution in [0.25, 0.3) is 0 Å². The Kier molecular flexibility index (Phi) is 6.65. The molecule has 1 aliphatic rings. The number of nitrogens with one attached hydrogen (secondary N) is 1. The third-order valence-electron chi connectivity index (χ3n) is 2.66. The topological polar surface area (TPSA) is 12.0 Å². The van der Waals surface area contributed by atoms with Gasteiger partial charge < -0.3 is 5.32 Å². The number of halogens is 1. The van der Waals surface area contributed by atoms with E-state index in [2.05, 4.69) is 5.32 Å². The maximum absolute atomic E-state index is 5.59. The van der Waals surface area contributed by atoms with E-state index in [1.165, 1.54) is 58.0 Å². The highest BCUT2D eigenvalue weighted by Crippen LogP contribution is 2.31. The Bertz CT molecular complexity index is 113. The Morgan fingerprint density at radius 2 is 1.77 bits per heavy atom. The summed E-state index contributed by atoms with van der Waals surface area (Å²) in [6.45, 7) is 2.44. The van der Waals surface area contributed by atoms with Crippen molar-refractivity contribution >= 4 is 11.6 Å². The molecule has 1 rings (SSSR count). The predicted molar refractivity (Wildman–Crippen MR) is 59.4 cm³/mol. The molecule has 0 spiro atoms. The lowest BCUT2D eigenvalue weighted by atomic mass is 10.2. The van der Waals surface area contributed by atoms with Gasteiger partial charge in [-0.1, -0.05) is 25.7 Å². The third-order valence-corrected chi connectivity index (χ3v) is 2.93. The lowest BCUT2D eigenvalue weighted by Gasteiger charge is -2.03. The Morgan fingerprint density at radius 3 is 2.46 bits per heavy atom. The second-order valence-corrected chi connectivity index (χ2v) is 4.46. The summed E-state index contributed by atoms with van der Waals surface area (Å²) in [6, 6.07) is 0. The highest BCUT2D eigenvalue weighted by molar-refractivity contribution is 6.17. The first-order valence-corrected chi connectivity index (χ1v) is 6.23. The molecule has 2 heteroatoms. The number of hydrogen-bond acceptors (Lipinski definition) is 1. The van der Waals surface area contributed by atoms with Crippen LogP contribution in [0.2, 0.25) is 0 Å². The first-order valence-electron chi connectivity index (χ1n) is 5.70. The van der Waals surface area contributed by atoms with Crippen LogP contribution in [0.4, 0.5) is 0 Å². The minimum atomic E-state index is 0.828. The summed E-state index contributed by atoms with van der Waals surface area (Å²) >= 11 is 5.59. The fraction of sp³-hybridized carbons (Fsp3) is 1.00. The molecular formula is C11H22ClN. The van der Waals surface area contributed by atoms with Crippen molar-refractivity contribution in [3.05, 3.63) is 0 Å². The summed E-state index contributed by atoms with van der Waals surface area (Å²) in [4.78, 5) is 0. The number of hydrogen-bond donors (Lipinski definition) is 1. The van der Waals surface area contributed by atoms with Gasteiger partial charge in [-0.25, -0.2) is 0 Å². The van der Waals surface area contributed by atoms with Crippen LogP contribution >= 0.6 is 11.6 Å². The minimum absolute atomic E-state index is 0.828. The lowest BCUT2D eigenvalue weighted by Crippen LogP contribution is -2.16. The molecule has 1 nitrogen and oxygen atoms in total. The number of alkyl halides is 1. The zero-order chi connectivity index (χ0) is 9.36. The molecule has 0 heterocycles. The summed E-state index contributed by atoms with van der Waals surface area (Å²) in [5.41, 5.74) is 0. The van der Waals surface area contributed by atoms with E-state index in [-0.39, 0.29) is 0 Å². The molecule has 0 bridgehead atoms. The van der Waals surface area contributed by atoms with Gasteiger partial charge in [0.05, 0.1) is 0 Å². The zero-order valence-corrected chi connectivity index (χ0v) is 9.28. The molecule has 1 aliphatic carbocycles. The van der Waals surface area contributed by atoms with E-state index in [0.29, 0.717) is 0 Å². The van der Waals surface area contributed by atoms with Gasteiger partial charge in [0.15, 0.2) is 0 Å². The van der Waals surface area contributed by atoms with Gasteiger partial charge in [0.25, 0.3) is 0 Å². The van der Waals surface area contributed by atoms with Crippen molar-refractivity contribution in [1.82, 2.24) is 5.32 Å². The van der Waals surface area contributed by atoms with Gasteiger partial charge in [-0.05, 0) is 38.3 Å². The summed E-state index contributed by atoms with van der Waals surface area (Å²) in [6.07, 6.45) is 9.51. The van der Waals surface area contributed by atoms with Crippen molar-refractivity contribution in [2.75, 3.05) is 19.0 Å². The van der Waals surface area contributed by atoms with Crippen LogP contribution in [0.1, 0.15) is 44.9 Å². The molecule has 0 aliphatic heterocycles. The highest BCUT2D eigenvalue weighted by atomic mass is 35.5. The zero-order valence-electron chi connectivity index (χ0n) is 8.53. The van der Waals surface area contributed by atoms with Crippen LogP contribution in [-0.2, 0) is 0 Å². The van der Waals surface area contributed by atoms with Crippen molar-refractivity contribution < 1.29 is 0 Å². The first-order chi connectivity index (χ1) is 6.43. The summed E-state index contributed by atoms with van der Waals surface area (Å²) in [7, 11) is 0. The molecule has 0 saturated heterocycles. The molecule has 0 aromatic heterocycles. The van der Waals surface area contributed by atoms with Gasteiger partial charge >= 0.3 is 0 Å². The molecule has 0 atom stereocenters. The SMILES string of the molecule is ClCCCCCCNCCC1CC1. The van der Waals surface area contributed by atoms with Gasteiger partial charge in [-0.2, -0.15) is 0 Å². The average Bonchev–Trinajstić information content (AvgIpc) is 2.93. The van der Waals surface area contributed by atoms with Crippen molar-refractivity contribution in [3.63, 3.8) is 0 Å². The van der Waals surface area contributed by atoms with Crippen molar-refractivity contribution in [2.24, 2.45) is 5.92 Å². The highest BCUT2D eigenvalue weighted by Gasteiger charge is 2.19. The Balaban J connectivity index is 1.63. The van der Waals surface area contributed by atoms with Crippen LogP contribution in [0.15, 0.2) is 0 Å². The third kappa shape index (κ3) is 7.33. The van der Waals surface area contributed by atoms with Crippen molar-refractivity contribution in [3.8, 4) is 0 Å². The van der Waals surface area contributed by atoms with Crippen LogP contribution in [0, 0.1) is 5.92 Å². The monoisotopic (exact) mass is 203 g/mol. The van der Waals surface area contributed by atoms with E-state index in [1.807, 2.05) is 0 Å². The maximum atomic E-state index is 5.59. The molecule has 0 unspecified atom stereocenters. The second-order valence-electron chi connectivity index (χ2n) is 4.09. The fourth-order valence-corrected chi connectivity index (χ4v) is 1.72. The molecule has 1 saturated carbocycles. The molecule has 0 aromatic rings. The largest absolute Gasteiger partial charge is 0.317 e. The maximum Gasteiger partial charge on any atom is 0.0223 e. The van der Waals surface area contributed by atoms with Gasteiger partial charge in [-0.3, -0.25) is 0 Å². The van der Waals surface area contributed by atoms with Crippen LogP contribution in [0.3, 0.4) is 0 Å². The van der Waals surface area contributed by atoms with E-state index in [4.69, 9.17) is 11.6 Å². The Hall–Kier alpha value is 0.250. The summed E-state index contributed by atoms with van der Waals surface area (Å²) < 4.78 is 0.